The first-order valence-corrected chi connectivity index (χ1v) is 11.3. The minimum atomic E-state index is -0.735. The number of quaternary nitrogens is 1. The molecule has 2 saturated heterocycles. The van der Waals surface area contributed by atoms with Crippen LogP contribution >= 0.6 is 0 Å². The lowest BCUT2D eigenvalue weighted by Crippen LogP contribution is -3.14. The predicted octanol–water partition coefficient (Wildman–Crippen LogP) is 0.761. The number of fused-ring (bicyclic) bond motifs is 1. The van der Waals surface area contributed by atoms with Gasteiger partial charge in [0.1, 0.15) is 24.6 Å². The molecule has 1 atom stereocenters. The van der Waals surface area contributed by atoms with Gasteiger partial charge in [-0.3, -0.25) is 9.59 Å². The van der Waals surface area contributed by atoms with Crippen LogP contribution in [0.2, 0.25) is 0 Å². The number of benzene rings is 2. The van der Waals surface area contributed by atoms with Gasteiger partial charge in [0.05, 0.1) is 45.0 Å². The quantitative estimate of drug-likeness (QED) is 0.368. The van der Waals surface area contributed by atoms with E-state index in [1.54, 1.807) is 42.3 Å². The number of ether oxygens (including phenoxy) is 4. The molecule has 1 amide bonds. The first-order valence-electron chi connectivity index (χ1n) is 11.3. The molecule has 3 aliphatic rings. The van der Waals surface area contributed by atoms with Crippen LogP contribution in [-0.2, 0) is 14.3 Å². The molecule has 34 heavy (non-hydrogen) atoms. The van der Waals surface area contributed by atoms with Crippen molar-refractivity contribution in [2.75, 3.05) is 53.3 Å². The van der Waals surface area contributed by atoms with E-state index in [1.807, 2.05) is 12.1 Å². The highest BCUT2D eigenvalue weighted by molar-refractivity contribution is 6.46. The van der Waals surface area contributed by atoms with Gasteiger partial charge in [-0.05, 0) is 35.9 Å². The molecule has 0 saturated carbocycles. The maximum absolute atomic E-state index is 13.2. The average molecular weight is 467 g/mol. The van der Waals surface area contributed by atoms with Crippen LogP contribution in [0.4, 0.5) is 0 Å². The van der Waals surface area contributed by atoms with Gasteiger partial charge in [-0.1, -0.05) is 12.1 Å². The number of carbonyl (C=O) groups is 2. The van der Waals surface area contributed by atoms with E-state index >= 15 is 0 Å². The van der Waals surface area contributed by atoms with E-state index in [4.69, 9.17) is 18.9 Å². The highest BCUT2D eigenvalue weighted by Crippen LogP contribution is 2.41. The normalized spacial score (nSPS) is 21.8. The number of aliphatic hydroxyl groups excluding tert-OH is 1. The van der Waals surface area contributed by atoms with Gasteiger partial charge in [0.2, 0.25) is 6.79 Å². The predicted molar refractivity (Wildman–Crippen MR) is 121 cm³/mol. The molecule has 9 heteroatoms. The zero-order chi connectivity index (χ0) is 23.7. The Morgan fingerprint density at radius 2 is 1.91 bits per heavy atom. The van der Waals surface area contributed by atoms with Crippen molar-refractivity contribution in [3.05, 3.63) is 59.2 Å². The Morgan fingerprint density at radius 3 is 2.71 bits per heavy atom. The second-order valence-corrected chi connectivity index (χ2v) is 8.45. The Morgan fingerprint density at radius 1 is 1.12 bits per heavy atom. The van der Waals surface area contributed by atoms with E-state index in [0.29, 0.717) is 54.7 Å². The first-order chi connectivity index (χ1) is 16.6. The molecule has 2 aromatic rings. The summed E-state index contributed by atoms with van der Waals surface area (Å²) in [6.45, 7) is 4.21. The third-order valence-electron chi connectivity index (χ3n) is 6.50. The summed E-state index contributed by atoms with van der Waals surface area (Å²) in [5, 5.41) is 11.3. The number of amides is 1. The molecular formula is C25H27N2O7+. The number of likely N-dealkylation sites (tertiary alicyclic amines) is 1. The van der Waals surface area contributed by atoms with Crippen molar-refractivity contribution in [3.63, 3.8) is 0 Å². The molecule has 178 valence electrons. The van der Waals surface area contributed by atoms with E-state index in [-0.39, 0.29) is 18.1 Å². The molecule has 5 rings (SSSR count). The Kier molecular flexibility index (Phi) is 6.12. The molecule has 0 bridgehead atoms. The zero-order valence-corrected chi connectivity index (χ0v) is 18.9. The standard InChI is InChI=1S/C25H26N2O7/c1-31-18-4-2-3-16(13-18)22-21(23(28)17-5-6-19-20(14-17)34-15-33-19)24(29)25(30)27(22)8-7-26-9-11-32-12-10-26/h2-6,13-14,22,28H,7-12,15H2,1H3/p+1. The van der Waals surface area contributed by atoms with Crippen LogP contribution in [0.15, 0.2) is 48.0 Å². The topological polar surface area (TPSA) is 99.0 Å². The smallest absolute Gasteiger partial charge is 0.295 e. The molecule has 0 spiro atoms. The van der Waals surface area contributed by atoms with Gasteiger partial charge < -0.3 is 33.9 Å². The summed E-state index contributed by atoms with van der Waals surface area (Å²) in [5.41, 5.74) is 1.13. The van der Waals surface area contributed by atoms with E-state index in [1.165, 1.54) is 4.90 Å². The molecule has 2 aromatic carbocycles. The second kappa shape index (κ2) is 9.36. The van der Waals surface area contributed by atoms with Crippen molar-refractivity contribution in [1.29, 1.82) is 0 Å². The summed E-state index contributed by atoms with van der Waals surface area (Å²) in [4.78, 5) is 29.3. The third-order valence-corrected chi connectivity index (χ3v) is 6.50. The molecule has 3 aliphatic heterocycles. The van der Waals surface area contributed by atoms with E-state index in [0.717, 1.165) is 13.1 Å². The Balaban J connectivity index is 1.55. The molecule has 9 nitrogen and oxygen atoms in total. The number of ketones is 1. The van der Waals surface area contributed by atoms with Gasteiger partial charge >= 0.3 is 0 Å². The van der Waals surface area contributed by atoms with Crippen molar-refractivity contribution in [2.45, 2.75) is 6.04 Å². The molecule has 1 unspecified atom stereocenters. The first kappa shape index (κ1) is 22.2. The molecule has 0 aliphatic carbocycles. The number of carbonyl (C=O) groups excluding carboxylic acids is 2. The molecule has 2 N–H and O–H groups in total. The number of rotatable bonds is 6. The number of aliphatic hydroxyl groups is 1. The molecule has 0 aromatic heterocycles. The maximum atomic E-state index is 13.2. The third kappa shape index (κ3) is 4.08. The highest BCUT2D eigenvalue weighted by atomic mass is 16.7. The molecule has 2 fully saturated rings. The van der Waals surface area contributed by atoms with Crippen molar-refractivity contribution in [2.24, 2.45) is 0 Å². The van der Waals surface area contributed by atoms with Crippen molar-refractivity contribution in [3.8, 4) is 17.2 Å². The lowest BCUT2D eigenvalue weighted by molar-refractivity contribution is -0.907. The Labute approximate surface area is 197 Å². The van der Waals surface area contributed by atoms with Crippen molar-refractivity contribution < 1.29 is 38.5 Å². The fourth-order valence-corrected chi connectivity index (χ4v) is 4.66. The van der Waals surface area contributed by atoms with E-state index in [9.17, 15) is 14.7 Å². The lowest BCUT2D eigenvalue weighted by atomic mass is 9.95. The van der Waals surface area contributed by atoms with Gasteiger partial charge in [0.25, 0.3) is 11.7 Å². The Hall–Kier alpha value is -3.56. The summed E-state index contributed by atoms with van der Waals surface area (Å²) in [7, 11) is 1.56. The van der Waals surface area contributed by atoms with Crippen LogP contribution in [0.25, 0.3) is 5.76 Å². The van der Waals surface area contributed by atoms with Crippen LogP contribution < -0.4 is 19.1 Å². The summed E-state index contributed by atoms with van der Waals surface area (Å²) >= 11 is 0. The summed E-state index contributed by atoms with van der Waals surface area (Å²) in [6, 6.07) is 11.4. The summed E-state index contributed by atoms with van der Waals surface area (Å²) < 4.78 is 21.6. The number of nitrogens with zero attached hydrogens (tertiary/aromatic N) is 1. The van der Waals surface area contributed by atoms with Gasteiger partial charge in [-0.2, -0.15) is 0 Å². The number of Topliss-reactive ketones (excluding diaryl/α,β-unsaturated/α-hetero) is 1. The monoisotopic (exact) mass is 467 g/mol. The van der Waals surface area contributed by atoms with Gasteiger partial charge in [-0.15, -0.1) is 0 Å². The van der Waals surface area contributed by atoms with Crippen LogP contribution in [0.5, 0.6) is 17.2 Å². The number of hydrogen-bond donors (Lipinski definition) is 2. The van der Waals surface area contributed by atoms with Crippen LogP contribution in [0, 0.1) is 0 Å². The minimum Gasteiger partial charge on any atom is -0.507 e. The second-order valence-electron chi connectivity index (χ2n) is 8.45. The Bertz CT molecular complexity index is 1140. The van der Waals surface area contributed by atoms with Crippen LogP contribution in [0.3, 0.4) is 0 Å². The van der Waals surface area contributed by atoms with Crippen molar-refractivity contribution in [1.82, 2.24) is 4.90 Å². The van der Waals surface area contributed by atoms with E-state index < -0.39 is 17.7 Å². The number of morpholine rings is 1. The number of hydrogen-bond acceptors (Lipinski definition) is 7. The lowest BCUT2D eigenvalue weighted by Gasteiger charge is -2.29. The van der Waals surface area contributed by atoms with Crippen molar-refractivity contribution >= 4 is 17.4 Å². The zero-order valence-electron chi connectivity index (χ0n) is 18.9. The summed E-state index contributed by atoms with van der Waals surface area (Å²) in [5.74, 6) is 0.0698. The average Bonchev–Trinajstić information content (AvgIpc) is 3.45. The highest BCUT2D eigenvalue weighted by Gasteiger charge is 2.46. The van der Waals surface area contributed by atoms with Crippen LogP contribution in [-0.4, -0.2) is 75.0 Å². The SMILES string of the molecule is COc1cccc(C2C(=C(O)c3ccc4c(c3)OCO4)C(=O)C(=O)N2CC[NH+]2CCOCC2)c1. The van der Waals surface area contributed by atoms with Gasteiger partial charge in [-0.25, -0.2) is 0 Å². The number of nitrogens with one attached hydrogen (secondary N) is 1. The molecular weight excluding hydrogens is 440 g/mol. The fourth-order valence-electron chi connectivity index (χ4n) is 4.66. The number of methoxy groups -OCH3 is 1. The largest absolute Gasteiger partial charge is 0.507 e. The van der Waals surface area contributed by atoms with E-state index in [2.05, 4.69) is 0 Å². The van der Waals surface area contributed by atoms with Crippen LogP contribution in [0.1, 0.15) is 17.2 Å². The molecule has 3 heterocycles. The van der Waals surface area contributed by atoms with Gasteiger partial charge in [0, 0.05) is 5.56 Å². The molecule has 0 radical (unpaired) electrons. The summed E-state index contributed by atoms with van der Waals surface area (Å²) in [6.07, 6.45) is 0. The fraction of sp³-hybridized carbons (Fsp3) is 0.360. The van der Waals surface area contributed by atoms with Gasteiger partial charge in [0.15, 0.2) is 11.5 Å². The maximum Gasteiger partial charge on any atom is 0.295 e. The minimum absolute atomic E-state index is 0.0501.